The van der Waals surface area contributed by atoms with Crippen LogP contribution in [0.2, 0.25) is 0 Å². The van der Waals surface area contributed by atoms with Crippen molar-refractivity contribution >= 4 is 24.1 Å². The van der Waals surface area contributed by atoms with Crippen molar-refractivity contribution in [3.8, 4) is 11.5 Å². The van der Waals surface area contributed by atoms with E-state index in [0.29, 0.717) is 12.8 Å². The number of ether oxygens (including phenoxy) is 2. The summed E-state index contributed by atoms with van der Waals surface area (Å²) in [5, 5.41) is 18.6. The van der Waals surface area contributed by atoms with E-state index in [1.165, 1.54) is 36.4 Å². The molecule has 2 N–H and O–H groups in total. The maximum atomic E-state index is 12.2. The average molecular weight is 408 g/mol. The minimum Gasteiger partial charge on any atom is -0.508 e. The molecule has 156 valence electrons. The number of phenols is 2. The molecule has 2 aromatic rings. The van der Waals surface area contributed by atoms with E-state index in [2.05, 4.69) is 0 Å². The molecule has 0 radical (unpaired) electrons. The second-order valence-corrected chi connectivity index (χ2v) is 7.08. The normalized spacial score (nSPS) is 19.1. The molecule has 0 aliphatic heterocycles. The number of hydrogen-bond acceptors (Lipinski definition) is 6. The number of benzene rings is 2. The van der Waals surface area contributed by atoms with Gasteiger partial charge in [-0.15, -0.1) is 0 Å². The van der Waals surface area contributed by atoms with Gasteiger partial charge in [-0.05, 0) is 73.2 Å². The highest BCUT2D eigenvalue weighted by atomic mass is 16.6. The van der Waals surface area contributed by atoms with Crippen LogP contribution in [0.5, 0.6) is 11.5 Å². The largest absolute Gasteiger partial charge is 0.508 e. The summed E-state index contributed by atoms with van der Waals surface area (Å²) >= 11 is 0. The fourth-order valence-electron chi connectivity index (χ4n) is 3.21. The van der Waals surface area contributed by atoms with Crippen LogP contribution in [-0.4, -0.2) is 34.4 Å². The average Bonchev–Trinajstić information content (AvgIpc) is 2.74. The van der Waals surface area contributed by atoms with Crippen LogP contribution in [0.1, 0.15) is 36.8 Å². The standard InChI is InChI=1S/C24H24O6/c25-19-11-5-17(6-12-19)9-15-23(27)29-21-3-1-2-4-22(21)30-24(28)16-10-18-7-13-20(26)14-8-18/h5-16,21-22,25-26H,1-4H2/b15-9+,16-10+/t21-,22-/m1/s1. The first kappa shape index (κ1) is 21.2. The Kier molecular flexibility index (Phi) is 7.27. The van der Waals surface area contributed by atoms with Gasteiger partial charge in [-0.3, -0.25) is 0 Å². The highest BCUT2D eigenvalue weighted by Crippen LogP contribution is 2.25. The zero-order chi connectivity index (χ0) is 21.3. The molecule has 0 heterocycles. The van der Waals surface area contributed by atoms with Crippen LogP contribution in [0.15, 0.2) is 60.7 Å². The molecule has 3 rings (SSSR count). The molecule has 6 nitrogen and oxygen atoms in total. The first-order chi connectivity index (χ1) is 14.5. The van der Waals surface area contributed by atoms with Gasteiger partial charge in [0.05, 0.1) is 0 Å². The van der Waals surface area contributed by atoms with Crippen molar-refractivity contribution in [1.82, 2.24) is 0 Å². The highest BCUT2D eigenvalue weighted by molar-refractivity contribution is 5.88. The van der Waals surface area contributed by atoms with Crippen molar-refractivity contribution in [2.45, 2.75) is 37.9 Å². The molecule has 0 bridgehead atoms. The third-order valence-electron chi connectivity index (χ3n) is 4.79. The SMILES string of the molecule is O=C(/C=C/c1ccc(O)cc1)O[C@@H]1CCCC[C@H]1OC(=O)/C=C/c1ccc(O)cc1. The fourth-order valence-corrected chi connectivity index (χ4v) is 3.21. The Hall–Kier alpha value is -3.54. The fraction of sp³-hybridized carbons (Fsp3) is 0.250. The van der Waals surface area contributed by atoms with Crippen molar-refractivity contribution in [3.63, 3.8) is 0 Å². The molecular weight excluding hydrogens is 384 g/mol. The van der Waals surface area contributed by atoms with E-state index in [9.17, 15) is 19.8 Å². The van der Waals surface area contributed by atoms with Gasteiger partial charge in [-0.1, -0.05) is 24.3 Å². The second kappa shape index (κ2) is 10.3. The zero-order valence-corrected chi connectivity index (χ0v) is 16.4. The first-order valence-corrected chi connectivity index (χ1v) is 9.85. The Morgan fingerprint density at radius 1 is 0.700 bits per heavy atom. The van der Waals surface area contributed by atoms with Gasteiger partial charge in [-0.2, -0.15) is 0 Å². The van der Waals surface area contributed by atoms with Gasteiger partial charge in [-0.25, -0.2) is 9.59 Å². The smallest absolute Gasteiger partial charge is 0.331 e. The van der Waals surface area contributed by atoms with Gasteiger partial charge < -0.3 is 19.7 Å². The van der Waals surface area contributed by atoms with Gasteiger partial charge in [0.2, 0.25) is 0 Å². The molecular formula is C24H24O6. The number of carbonyl (C=O) groups is 2. The van der Waals surface area contributed by atoms with E-state index in [1.54, 1.807) is 36.4 Å². The Morgan fingerprint density at radius 3 is 1.43 bits per heavy atom. The van der Waals surface area contributed by atoms with Crippen LogP contribution < -0.4 is 0 Å². The highest BCUT2D eigenvalue weighted by Gasteiger charge is 2.30. The zero-order valence-electron chi connectivity index (χ0n) is 16.4. The van der Waals surface area contributed by atoms with Crippen molar-refractivity contribution in [2.24, 2.45) is 0 Å². The van der Waals surface area contributed by atoms with Crippen molar-refractivity contribution < 1.29 is 29.3 Å². The quantitative estimate of drug-likeness (QED) is 0.549. The van der Waals surface area contributed by atoms with E-state index >= 15 is 0 Å². The number of aromatic hydroxyl groups is 2. The molecule has 1 fully saturated rings. The van der Waals surface area contributed by atoms with Gasteiger partial charge in [0.15, 0.2) is 0 Å². The van der Waals surface area contributed by atoms with Crippen LogP contribution in [0.3, 0.4) is 0 Å². The Labute approximate surface area is 175 Å². The molecule has 1 aliphatic carbocycles. The number of phenolic OH excluding ortho intramolecular Hbond substituents is 2. The number of rotatable bonds is 6. The molecule has 0 saturated heterocycles. The lowest BCUT2D eigenvalue weighted by molar-refractivity contribution is -0.165. The molecule has 1 saturated carbocycles. The Balaban J connectivity index is 1.54. The molecule has 0 spiro atoms. The van der Waals surface area contributed by atoms with Gasteiger partial charge >= 0.3 is 11.9 Å². The van der Waals surface area contributed by atoms with Crippen LogP contribution in [0.4, 0.5) is 0 Å². The predicted molar refractivity (Wildman–Crippen MR) is 113 cm³/mol. The lowest BCUT2D eigenvalue weighted by Gasteiger charge is -2.30. The van der Waals surface area contributed by atoms with Crippen LogP contribution >= 0.6 is 0 Å². The maximum Gasteiger partial charge on any atom is 0.331 e. The molecule has 0 aromatic heterocycles. The molecule has 0 unspecified atom stereocenters. The lowest BCUT2D eigenvalue weighted by atomic mass is 9.94. The lowest BCUT2D eigenvalue weighted by Crippen LogP contribution is -2.37. The summed E-state index contributed by atoms with van der Waals surface area (Å²) < 4.78 is 11.0. The molecule has 2 atom stereocenters. The minimum absolute atomic E-state index is 0.154. The third kappa shape index (κ3) is 6.51. The summed E-state index contributed by atoms with van der Waals surface area (Å²) in [6, 6.07) is 12.9. The maximum absolute atomic E-state index is 12.2. The Morgan fingerprint density at radius 2 is 1.07 bits per heavy atom. The predicted octanol–water partition coefficient (Wildman–Crippen LogP) is 4.22. The molecule has 6 heteroatoms. The van der Waals surface area contributed by atoms with E-state index in [1.807, 2.05) is 0 Å². The number of carbonyl (C=O) groups excluding carboxylic acids is 2. The van der Waals surface area contributed by atoms with E-state index in [-0.39, 0.29) is 11.5 Å². The summed E-state index contributed by atoms with van der Waals surface area (Å²) in [5.74, 6) is -0.701. The molecule has 30 heavy (non-hydrogen) atoms. The monoisotopic (exact) mass is 408 g/mol. The van der Waals surface area contributed by atoms with Crippen LogP contribution in [0, 0.1) is 0 Å². The van der Waals surface area contributed by atoms with E-state index in [0.717, 1.165) is 24.0 Å². The van der Waals surface area contributed by atoms with Crippen molar-refractivity contribution in [1.29, 1.82) is 0 Å². The van der Waals surface area contributed by atoms with Crippen molar-refractivity contribution in [3.05, 3.63) is 71.8 Å². The Bertz CT molecular complexity index is 834. The van der Waals surface area contributed by atoms with Gasteiger partial charge in [0, 0.05) is 12.2 Å². The van der Waals surface area contributed by atoms with Crippen LogP contribution in [0.25, 0.3) is 12.2 Å². The van der Waals surface area contributed by atoms with E-state index < -0.39 is 24.1 Å². The summed E-state index contributed by atoms with van der Waals surface area (Å²) in [4.78, 5) is 24.4. The van der Waals surface area contributed by atoms with E-state index in [4.69, 9.17) is 9.47 Å². The molecule has 1 aliphatic rings. The topological polar surface area (TPSA) is 93.1 Å². The summed E-state index contributed by atoms with van der Waals surface area (Å²) in [6.45, 7) is 0. The summed E-state index contributed by atoms with van der Waals surface area (Å²) in [7, 11) is 0. The van der Waals surface area contributed by atoms with Gasteiger partial charge in [0.1, 0.15) is 23.7 Å². The number of esters is 2. The second-order valence-electron chi connectivity index (χ2n) is 7.08. The molecule has 0 amide bonds. The molecule has 2 aromatic carbocycles. The number of hydrogen-bond donors (Lipinski definition) is 2. The minimum atomic E-state index is -0.504. The third-order valence-corrected chi connectivity index (χ3v) is 4.79. The summed E-state index contributed by atoms with van der Waals surface area (Å²) in [6.07, 6.45) is 7.96. The summed E-state index contributed by atoms with van der Waals surface area (Å²) in [5.41, 5.74) is 1.52. The van der Waals surface area contributed by atoms with Gasteiger partial charge in [0.25, 0.3) is 0 Å². The van der Waals surface area contributed by atoms with Crippen molar-refractivity contribution in [2.75, 3.05) is 0 Å². The first-order valence-electron chi connectivity index (χ1n) is 9.85. The van der Waals surface area contributed by atoms with Crippen LogP contribution in [-0.2, 0) is 19.1 Å².